The number of ether oxygens (including phenoxy) is 1. The van der Waals surface area contributed by atoms with E-state index in [-0.39, 0.29) is 16.7 Å². The molecule has 1 aromatic carbocycles. The SMILES string of the molecule is CC(C)(C)C(=O)NCc1ccc(Cl)c(OC(=O)N(N)C(C)(C)C)c1. The molecule has 24 heavy (non-hydrogen) atoms. The van der Waals surface area contributed by atoms with Crippen molar-refractivity contribution in [3.05, 3.63) is 28.8 Å². The molecule has 3 N–H and O–H groups in total. The number of carbonyl (C=O) groups is 2. The summed E-state index contributed by atoms with van der Waals surface area (Å²) in [5.74, 6) is 5.86. The van der Waals surface area contributed by atoms with Crippen molar-refractivity contribution in [2.75, 3.05) is 0 Å². The molecule has 0 saturated carbocycles. The van der Waals surface area contributed by atoms with Crippen molar-refractivity contribution in [1.82, 2.24) is 10.3 Å². The number of benzene rings is 1. The highest BCUT2D eigenvalue weighted by Gasteiger charge is 2.26. The molecule has 1 rings (SSSR count). The number of hydrogen-bond donors (Lipinski definition) is 2. The number of nitrogens with zero attached hydrogens (tertiary/aromatic N) is 1. The molecule has 0 saturated heterocycles. The monoisotopic (exact) mass is 355 g/mol. The third-order valence-corrected chi connectivity index (χ3v) is 3.56. The minimum atomic E-state index is -0.708. The van der Waals surface area contributed by atoms with Crippen molar-refractivity contribution >= 4 is 23.6 Å². The highest BCUT2D eigenvalue weighted by Crippen LogP contribution is 2.27. The van der Waals surface area contributed by atoms with Crippen LogP contribution < -0.4 is 15.9 Å². The van der Waals surface area contributed by atoms with Crippen LogP contribution in [-0.4, -0.2) is 22.5 Å². The molecule has 0 spiro atoms. The van der Waals surface area contributed by atoms with Crippen LogP contribution in [0.4, 0.5) is 4.79 Å². The van der Waals surface area contributed by atoms with Gasteiger partial charge in [0.2, 0.25) is 5.91 Å². The summed E-state index contributed by atoms with van der Waals surface area (Å²) in [5, 5.41) is 4.11. The van der Waals surface area contributed by atoms with Crippen molar-refractivity contribution in [2.24, 2.45) is 11.3 Å². The van der Waals surface area contributed by atoms with E-state index in [1.807, 2.05) is 20.8 Å². The fourth-order valence-electron chi connectivity index (χ4n) is 1.60. The first-order chi connectivity index (χ1) is 10.8. The predicted molar refractivity (Wildman–Crippen MR) is 94.6 cm³/mol. The van der Waals surface area contributed by atoms with Crippen molar-refractivity contribution in [3.63, 3.8) is 0 Å². The third-order valence-electron chi connectivity index (χ3n) is 3.25. The van der Waals surface area contributed by atoms with Gasteiger partial charge in [-0.2, -0.15) is 0 Å². The van der Waals surface area contributed by atoms with Gasteiger partial charge in [-0.3, -0.25) is 4.79 Å². The number of carbonyl (C=O) groups excluding carboxylic acids is 2. The second-order valence-corrected chi connectivity index (χ2v) is 8.01. The van der Waals surface area contributed by atoms with Gasteiger partial charge in [0.15, 0.2) is 5.75 Å². The first-order valence-electron chi connectivity index (χ1n) is 7.66. The van der Waals surface area contributed by atoms with E-state index in [0.717, 1.165) is 10.6 Å². The third kappa shape index (κ3) is 5.69. The zero-order valence-corrected chi connectivity index (χ0v) is 15.8. The highest BCUT2D eigenvalue weighted by atomic mass is 35.5. The molecule has 0 aromatic heterocycles. The van der Waals surface area contributed by atoms with Gasteiger partial charge < -0.3 is 10.1 Å². The first-order valence-corrected chi connectivity index (χ1v) is 8.03. The molecule has 0 heterocycles. The summed E-state index contributed by atoms with van der Waals surface area (Å²) in [7, 11) is 0. The Balaban J connectivity index is 2.84. The maximum atomic E-state index is 12.1. The average molecular weight is 356 g/mol. The number of halogens is 1. The summed E-state index contributed by atoms with van der Waals surface area (Å²) < 4.78 is 5.27. The van der Waals surface area contributed by atoms with E-state index < -0.39 is 17.0 Å². The predicted octanol–water partition coefficient (Wildman–Crippen LogP) is 3.48. The lowest BCUT2D eigenvalue weighted by Crippen LogP contribution is -2.51. The molecule has 7 heteroatoms. The second kappa shape index (κ2) is 7.40. The number of nitrogens with two attached hydrogens (primary N) is 1. The summed E-state index contributed by atoms with van der Waals surface area (Å²) in [4.78, 5) is 24.0. The van der Waals surface area contributed by atoms with E-state index in [2.05, 4.69) is 5.32 Å². The Hall–Kier alpha value is -1.79. The van der Waals surface area contributed by atoms with Crippen LogP contribution >= 0.6 is 11.6 Å². The molecule has 134 valence electrons. The molecule has 0 aliphatic rings. The van der Waals surface area contributed by atoms with Crippen LogP contribution in [-0.2, 0) is 11.3 Å². The Bertz CT molecular complexity index is 618. The largest absolute Gasteiger partial charge is 0.430 e. The van der Waals surface area contributed by atoms with Crippen LogP contribution in [0.5, 0.6) is 5.75 Å². The summed E-state index contributed by atoms with van der Waals surface area (Å²) in [6.07, 6.45) is -0.708. The molecule has 0 radical (unpaired) electrons. The van der Waals surface area contributed by atoms with Gasteiger partial charge in [-0.05, 0) is 38.5 Å². The molecule has 0 aliphatic carbocycles. The van der Waals surface area contributed by atoms with Crippen LogP contribution in [0, 0.1) is 5.41 Å². The van der Waals surface area contributed by atoms with Crippen LogP contribution in [0.2, 0.25) is 5.02 Å². The summed E-state index contributed by atoms with van der Waals surface area (Å²) in [6, 6.07) is 4.98. The average Bonchev–Trinajstić information content (AvgIpc) is 2.44. The number of nitrogens with one attached hydrogen (secondary N) is 1. The number of amides is 2. The Morgan fingerprint density at radius 2 is 1.79 bits per heavy atom. The quantitative estimate of drug-likeness (QED) is 0.494. The minimum absolute atomic E-state index is 0.0724. The summed E-state index contributed by atoms with van der Waals surface area (Å²) in [6.45, 7) is 11.2. The smallest absolute Gasteiger partial charge is 0.408 e. The number of rotatable bonds is 3. The summed E-state index contributed by atoms with van der Waals surface area (Å²) >= 11 is 6.07. The van der Waals surface area contributed by atoms with E-state index in [1.54, 1.807) is 39.0 Å². The molecular weight excluding hydrogens is 330 g/mol. The lowest BCUT2D eigenvalue weighted by Gasteiger charge is -2.30. The van der Waals surface area contributed by atoms with Gasteiger partial charge in [-0.25, -0.2) is 15.6 Å². The first kappa shape index (κ1) is 20.3. The lowest BCUT2D eigenvalue weighted by molar-refractivity contribution is -0.128. The van der Waals surface area contributed by atoms with Crippen LogP contribution in [0.3, 0.4) is 0 Å². The van der Waals surface area contributed by atoms with Crippen LogP contribution in [0.15, 0.2) is 18.2 Å². The Kier molecular flexibility index (Phi) is 6.25. The Morgan fingerprint density at radius 3 is 2.29 bits per heavy atom. The van der Waals surface area contributed by atoms with E-state index in [9.17, 15) is 9.59 Å². The van der Waals surface area contributed by atoms with Gasteiger partial charge in [0, 0.05) is 12.0 Å². The molecule has 0 unspecified atom stereocenters. The van der Waals surface area contributed by atoms with Crippen LogP contribution in [0.1, 0.15) is 47.1 Å². The van der Waals surface area contributed by atoms with Crippen molar-refractivity contribution < 1.29 is 14.3 Å². The standard InChI is InChI=1S/C17H26ClN3O3/c1-16(2,3)14(22)20-10-11-7-8-12(18)13(9-11)24-15(23)21(19)17(4,5)6/h7-9H,10,19H2,1-6H3,(H,20,22). The topological polar surface area (TPSA) is 84.7 Å². The molecule has 0 aliphatic heterocycles. The van der Waals surface area contributed by atoms with E-state index in [4.69, 9.17) is 22.2 Å². The molecule has 6 nitrogen and oxygen atoms in total. The van der Waals surface area contributed by atoms with Crippen molar-refractivity contribution in [2.45, 2.75) is 53.6 Å². The molecule has 2 amide bonds. The van der Waals surface area contributed by atoms with Gasteiger partial charge in [0.05, 0.1) is 10.6 Å². The van der Waals surface area contributed by atoms with E-state index in [0.29, 0.717) is 6.54 Å². The Labute approximate surface area is 148 Å². The highest BCUT2D eigenvalue weighted by molar-refractivity contribution is 6.32. The fraction of sp³-hybridized carbons (Fsp3) is 0.529. The van der Waals surface area contributed by atoms with Gasteiger partial charge in [-0.1, -0.05) is 38.4 Å². The normalized spacial score (nSPS) is 11.8. The molecule has 0 atom stereocenters. The maximum Gasteiger partial charge on any atom is 0.430 e. The minimum Gasteiger partial charge on any atom is -0.408 e. The number of hydrazine groups is 1. The Morgan fingerprint density at radius 1 is 1.21 bits per heavy atom. The molecule has 1 aromatic rings. The zero-order chi connectivity index (χ0) is 18.7. The maximum absolute atomic E-state index is 12.1. The van der Waals surface area contributed by atoms with Gasteiger partial charge in [-0.15, -0.1) is 0 Å². The number of hydrogen-bond acceptors (Lipinski definition) is 4. The second-order valence-electron chi connectivity index (χ2n) is 7.61. The van der Waals surface area contributed by atoms with E-state index >= 15 is 0 Å². The van der Waals surface area contributed by atoms with E-state index in [1.165, 1.54) is 0 Å². The van der Waals surface area contributed by atoms with Gasteiger partial charge in [0.1, 0.15) is 0 Å². The van der Waals surface area contributed by atoms with Crippen molar-refractivity contribution in [1.29, 1.82) is 0 Å². The van der Waals surface area contributed by atoms with Gasteiger partial charge >= 0.3 is 6.09 Å². The molecule has 0 bridgehead atoms. The molecule has 0 fully saturated rings. The lowest BCUT2D eigenvalue weighted by atomic mass is 9.95. The molecular formula is C17H26ClN3O3. The fourth-order valence-corrected chi connectivity index (χ4v) is 1.76. The van der Waals surface area contributed by atoms with Crippen LogP contribution in [0.25, 0.3) is 0 Å². The zero-order valence-electron chi connectivity index (χ0n) is 15.1. The summed E-state index contributed by atoms with van der Waals surface area (Å²) in [5.41, 5.74) is -0.296. The van der Waals surface area contributed by atoms with Gasteiger partial charge in [0.25, 0.3) is 0 Å². The van der Waals surface area contributed by atoms with Crippen molar-refractivity contribution in [3.8, 4) is 5.75 Å².